The molecule has 0 aliphatic heterocycles. The van der Waals surface area contributed by atoms with Gasteiger partial charge in [0, 0.05) is 19.9 Å². The number of Topliss-reactive ketones (excluding diaryl/α,β-unsaturated/α-hetero) is 1. The van der Waals surface area contributed by atoms with E-state index in [1.165, 1.54) is 35.8 Å². The number of nitrogens with zero attached hydrogens (tertiary/aromatic N) is 12. The zero-order valence-electron chi connectivity index (χ0n) is 23.9. The molecular formula is C24H24N14O6. The lowest BCUT2D eigenvalue weighted by Gasteiger charge is -2.06. The van der Waals surface area contributed by atoms with Crippen molar-refractivity contribution in [3.63, 3.8) is 0 Å². The van der Waals surface area contributed by atoms with E-state index in [9.17, 15) is 14.7 Å². The summed E-state index contributed by atoms with van der Waals surface area (Å²) in [6.07, 6.45) is 1.25. The van der Waals surface area contributed by atoms with Gasteiger partial charge >= 0.3 is 5.97 Å². The summed E-state index contributed by atoms with van der Waals surface area (Å²) in [6, 6.07) is 1.51. The summed E-state index contributed by atoms with van der Waals surface area (Å²) in [7, 11) is 1.20. The number of aliphatic hydroxyl groups excluding tert-OH is 1. The van der Waals surface area contributed by atoms with Crippen molar-refractivity contribution in [3.8, 4) is 11.6 Å². The van der Waals surface area contributed by atoms with Gasteiger partial charge in [-0.1, -0.05) is 0 Å². The van der Waals surface area contributed by atoms with Gasteiger partial charge in [0.25, 0.3) is 11.8 Å². The molecule has 0 spiro atoms. The van der Waals surface area contributed by atoms with Gasteiger partial charge in [-0.2, -0.15) is 19.6 Å². The maximum Gasteiger partial charge on any atom is 0.362 e. The summed E-state index contributed by atoms with van der Waals surface area (Å²) in [5.74, 6) is -0.790. The van der Waals surface area contributed by atoms with Crippen molar-refractivity contribution < 1.29 is 28.3 Å². The molecule has 226 valence electrons. The van der Waals surface area contributed by atoms with Crippen molar-refractivity contribution in [1.29, 1.82) is 0 Å². The molecule has 0 fully saturated rings. The van der Waals surface area contributed by atoms with Crippen molar-refractivity contribution in [2.45, 2.75) is 27.7 Å². The lowest BCUT2D eigenvalue weighted by atomic mass is 10.3. The van der Waals surface area contributed by atoms with E-state index in [0.717, 1.165) is 0 Å². The zero-order chi connectivity index (χ0) is 31.7. The van der Waals surface area contributed by atoms with E-state index >= 15 is 0 Å². The molecule has 0 radical (unpaired) electrons. The van der Waals surface area contributed by atoms with E-state index < -0.39 is 18.4 Å². The molecular weight excluding hydrogens is 580 g/mol. The van der Waals surface area contributed by atoms with Crippen LogP contribution in [0.2, 0.25) is 0 Å². The number of nitrogens with two attached hydrogens (primary N) is 2. The number of ether oxygens (including phenoxy) is 1. The molecule has 0 aromatic carbocycles. The summed E-state index contributed by atoms with van der Waals surface area (Å²) in [5, 5.41) is 34.1. The Balaban J connectivity index is 1.46. The van der Waals surface area contributed by atoms with Crippen LogP contribution in [0.5, 0.6) is 0 Å². The van der Waals surface area contributed by atoms with Crippen molar-refractivity contribution >= 4 is 46.5 Å². The number of oxazole rings is 2. The number of carbonyl (C=O) groups is 2. The highest BCUT2D eigenvalue weighted by molar-refractivity contribution is 5.98. The minimum absolute atomic E-state index is 0.0602. The second kappa shape index (κ2) is 11.6. The molecule has 0 unspecified atom stereocenters. The van der Waals surface area contributed by atoms with Crippen LogP contribution in [0.15, 0.2) is 41.7 Å². The number of methoxy groups -OCH3 is 1. The Hall–Kier alpha value is -6.18. The largest absolute Gasteiger partial charge is 0.464 e. The van der Waals surface area contributed by atoms with Crippen LogP contribution in [0.25, 0.3) is 11.6 Å². The number of esters is 1. The molecule has 0 aliphatic rings. The molecule has 0 bridgehead atoms. The number of aromatic nitrogens is 8. The standard InChI is InChI=1S/C24H24N14O6/c1-9-16(31-33-22-18(13(40)7-39)29-11(3)43-22)20(25)37(35-9)14-6-15(28-8-27-14)38-21(26)17(10(2)36-38)32-34-23-19(24(41)42-5)30-12(4)44-23/h6,8,39H,7,25-26H2,1-5H3/b33-31+,34-32+. The normalized spacial score (nSPS) is 11.7. The first-order chi connectivity index (χ1) is 21.0. The average Bonchev–Trinajstić information content (AvgIpc) is 3.73. The molecule has 5 heterocycles. The first-order valence-electron chi connectivity index (χ1n) is 12.6. The van der Waals surface area contributed by atoms with E-state index in [4.69, 9.17) is 25.0 Å². The Morgan fingerprint density at radius 1 is 0.841 bits per heavy atom. The van der Waals surface area contributed by atoms with Crippen molar-refractivity contribution in [2.24, 2.45) is 20.5 Å². The fourth-order valence-electron chi connectivity index (χ4n) is 3.88. The van der Waals surface area contributed by atoms with E-state index in [1.54, 1.807) is 20.8 Å². The monoisotopic (exact) mass is 604 g/mol. The maximum atomic E-state index is 12.0. The number of aryl methyl sites for hydroxylation is 4. The number of azo groups is 2. The number of rotatable bonds is 9. The van der Waals surface area contributed by atoms with E-state index in [0.29, 0.717) is 11.4 Å². The predicted octanol–water partition coefficient (Wildman–Crippen LogP) is 3.01. The van der Waals surface area contributed by atoms with Crippen LogP contribution in [0.4, 0.5) is 34.8 Å². The van der Waals surface area contributed by atoms with Gasteiger partial charge in [-0.05, 0) is 13.8 Å². The minimum Gasteiger partial charge on any atom is -0.464 e. The molecule has 5 aromatic heterocycles. The molecule has 44 heavy (non-hydrogen) atoms. The van der Waals surface area contributed by atoms with Gasteiger partial charge in [0.05, 0.1) is 18.5 Å². The highest BCUT2D eigenvalue weighted by atomic mass is 16.5. The first-order valence-corrected chi connectivity index (χ1v) is 12.6. The van der Waals surface area contributed by atoms with Gasteiger partial charge < -0.3 is 30.1 Å². The van der Waals surface area contributed by atoms with Crippen LogP contribution in [0.1, 0.15) is 44.1 Å². The molecule has 0 amide bonds. The van der Waals surface area contributed by atoms with Gasteiger partial charge in [-0.25, -0.2) is 24.7 Å². The van der Waals surface area contributed by atoms with Crippen LogP contribution >= 0.6 is 0 Å². The summed E-state index contributed by atoms with van der Waals surface area (Å²) < 4.78 is 18.0. The maximum absolute atomic E-state index is 12.0. The molecule has 0 saturated heterocycles. The number of nitrogen functional groups attached to an aromatic ring is 2. The van der Waals surface area contributed by atoms with E-state index in [2.05, 4.69) is 50.6 Å². The summed E-state index contributed by atoms with van der Waals surface area (Å²) >= 11 is 0. The van der Waals surface area contributed by atoms with Gasteiger partial charge in [-0.15, -0.1) is 20.5 Å². The smallest absolute Gasteiger partial charge is 0.362 e. The Kier molecular flexibility index (Phi) is 7.73. The van der Waals surface area contributed by atoms with Crippen LogP contribution in [0.3, 0.4) is 0 Å². The lowest BCUT2D eigenvalue weighted by molar-refractivity contribution is 0.0595. The molecule has 0 aliphatic carbocycles. The van der Waals surface area contributed by atoms with E-state index in [1.807, 2.05) is 0 Å². The summed E-state index contributed by atoms with van der Waals surface area (Å²) in [4.78, 5) is 40.3. The Morgan fingerprint density at radius 2 is 1.32 bits per heavy atom. The fraction of sp³-hybridized carbons (Fsp3) is 0.250. The predicted molar refractivity (Wildman–Crippen MR) is 148 cm³/mol. The average molecular weight is 605 g/mol. The zero-order valence-corrected chi connectivity index (χ0v) is 23.9. The molecule has 20 nitrogen and oxygen atoms in total. The Morgan fingerprint density at radius 3 is 1.80 bits per heavy atom. The second-order valence-electron chi connectivity index (χ2n) is 8.94. The van der Waals surface area contributed by atoms with E-state index in [-0.39, 0.29) is 69.6 Å². The molecule has 0 saturated carbocycles. The van der Waals surface area contributed by atoms with Crippen LogP contribution in [-0.2, 0) is 4.74 Å². The Bertz CT molecular complexity index is 1830. The number of ketones is 1. The fourth-order valence-corrected chi connectivity index (χ4v) is 3.88. The first kappa shape index (κ1) is 29.3. The van der Waals surface area contributed by atoms with Crippen molar-refractivity contribution in [3.05, 3.63) is 47.0 Å². The third-order valence-electron chi connectivity index (χ3n) is 5.90. The number of aliphatic hydroxyl groups is 1. The highest BCUT2D eigenvalue weighted by Crippen LogP contribution is 2.33. The van der Waals surface area contributed by atoms with Crippen LogP contribution < -0.4 is 11.5 Å². The van der Waals surface area contributed by atoms with Crippen LogP contribution in [-0.4, -0.2) is 70.1 Å². The molecule has 20 heteroatoms. The number of anilines is 2. The molecule has 5 N–H and O–H groups in total. The molecule has 5 aromatic rings. The second-order valence-corrected chi connectivity index (χ2v) is 8.94. The third kappa shape index (κ3) is 5.38. The topological polar surface area (TPSA) is 279 Å². The quantitative estimate of drug-likeness (QED) is 0.124. The van der Waals surface area contributed by atoms with Crippen molar-refractivity contribution in [1.82, 2.24) is 39.5 Å². The Labute approximate surface area is 246 Å². The van der Waals surface area contributed by atoms with Gasteiger partial charge in [-0.3, -0.25) is 4.79 Å². The third-order valence-corrected chi connectivity index (χ3v) is 5.90. The van der Waals surface area contributed by atoms with Gasteiger partial charge in [0.2, 0.25) is 11.5 Å². The van der Waals surface area contributed by atoms with Crippen LogP contribution in [0, 0.1) is 27.7 Å². The lowest BCUT2D eigenvalue weighted by Crippen LogP contribution is -2.09. The summed E-state index contributed by atoms with van der Waals surface area (Å²) in [5.41, 5.74) is 13.5. The van der Waals surface area contributed by atoms with Gasteiger partial charge in [0.1, 0.15) is 12.9 Å². The number of hydrogen-bond donors (Lipinski definition) is 3. The molecule has 5 rings (SSSR count). The summed E-state index contributed by atoms with van der Waals surface area (Å²) in [6.45, 7) is 5.59. The van der Waals surface area contributed by atoms with Gasteiger partial charge in [0.15, 0.2) is 52.1 Å². The number of hydrogen-bond acceptors (Lipinski definition) is 18. The van der Waals surface area contributed by atoms with Crippen molar-refractivity contribution in [2.75, 3.05) is 25.2 Å². The molecule has 0 atom stereocenters. The minimum atomic E-state index is -0.772. The number of carbonyl (C=O) groups excluding carboxylic acids is 2. The highest BCUT2D eigenvalue weighted by Gasteiger charge is 2.22. The SMILES string of the molecule is COC(=O)c1nc(C)oc1/N=N/c1c(C)nn(-c2cc(-n3nc(C)c(/N=N/c4oc(C)nc4C(=O)CO)c3N)ncn2)c1N.